The maximum absolute atomic E-state index is 12.4. The van der Waals surface area contributed by atoms with Crippen molar-refractivity contribution in [1.82, 2.24) is 15.1 Å². The van der Waals surface area contributed by atoms with E-state index in [1.54, 1.807) is 10.9 Å². The van der Waals surface area contributed by atoms with Crippen LogP contribution in [0, 0.1) is 23.7 Å². The van der Waals surface area contributed by atoms with Crippen molar-refractivity contribution in [3.8, 4) is 0 Å². The topological polar surface area (TPSA) is 84.2 Å². The fourth-order valence-electron chi connectivity index (χ4n) is 4.00. The smallest absolute Gasteiger partial charge is 0.307 e. The summed E-state index contributed by atoms with van der Waals surface area (Å²) in [5, 5.41) is 16.4. The number of carbonyl (C=O) groups is 2. The molecule has 2 aliphatic rings. The van der Waals surface area contributed by atoms with Gasteiger partial charge in [-0.25, -0.2) is 0 Å². The lowest BCUT2D eigenvalue weighted by molar-refractivity contribution is -0.149. The molecule has 0 aliphatic heterocycles. The van der Waals surface area contributed by atoms with Crippen molar-refractivity contribution in [2.75, 3.05) is 0 Å². The van der Waals surface area contributed by atoms with Crippen LogP contribution in [0.4, 0.5) is 0 Å². The first kappa shape index (κ1) is 14.1. The summed E-state index contributed by atoms with van der Waals surface area (Å²) < 4.78 is 1.80. The summed E-state index contributed by atoms with van der Waals surface area (Å²) in [4.78, 5) is 23.8. The van der Waals surface area contributed by atoms with Crippen LogP contribution in [0.3, 0.4) is 0 Å². The number of amides is 1. The highest BCUT2D eigenvalue weighted by Crippen LogP contribution is 2.52. The van der Waals surface area contributed by atoms with E-state index in [4.69, 9.17) is 0 Å². The van der Waals surface area contributed by atoms with Crippen LogP contribution in [0.5, 0.6) is 0 Å². The summed E-state index contributed by atoms with van der Waals surface area (Å²) in [6.07, 6.45) is 6.47. The largest absolute Gasteiger partial charge is 0.481 e. The fourth-order valence-corrected chi connectivity index (χ4v) is 4.00. The molecule has 1 aromatic heterocycles. The van der Waals surface area contributed by atoms with Gasteiger partial charge in [-0.3, -0.25) is 14.3 Å². The van der Waals surface area contributed by atoms with Crippen molar-refractivity contribution >= 4 is 11.9 Å². The van der Waals surface area contributed by atoms with E-state index in [0.717, 1.165) is 31.4 Å². The van der Waals surface area contributed by atoms with E-state index < -0.39 is 11.9 Å². The standard InChI is InChI=1S/C15H21N3O3/c1-2-18-8-9(7-17-18)6-16-14(19)12-10-3-4-11(5-10)13(12)15(20)21/h7-8,10-13H,2-6H2,1H3,(H,16,19)(H,20,21)/t10-,11+,12+,13+/m1/s1. The van der Waals surface area contributed by atoms with Gasteiger partial charge < -0.3 is 10.4 Å². The molecule has 2 fully saturated rings. The SMILES string of the molecule is CCn1cc(CNC(=O)[C@H]2[C@@H]3CC[C@@H](C3)[C@@H]2C(=O)O)cn1. The summed E-state index contributed by atoms with van der Waals surface area (Å²) in [7, 11) is 0. The lowest BCUT2D eigenvalue weighted by Gasteiger charge is -2.26. The third-order valence-electron chi connectivity index (χ3n) is 4.98. The van der Waals surface area contributed by atoms with E-state index in [9.17, 15) is 14.7 Å². The number of rotatable bonds is 5. The molecule has 0 unspecified atom stereocenters. The predicted octanol–water partition coefficient (Wildman–Crippen LogP) is 1.27. The molecule has 6 heteroatoms. The van der Waals surface area contributed by atoms with Crippen LogP contribution in [-0.2, 0) is 22.7 Å². The Morgan fingerprint density at radius 2 is 2.10 bits per heavy atom. The van der Waals surface area contributed by atoms with E-state index in [1.165, 1.54) is 0 Å². The Morgan fingerprint density at radius 1 is 1.38 bits per heavy atom. The van der Waals surface area contributed by atoms with Crippen LogP contribution in [0.1, 0.15) is 31.7 Å². The Hall–Kier alpha value is -1.85. The Bertz CT molecular complexity index is 554. The molecule has 21 heavy (non-hydrogen) atoms. The van der Waals surface area contributed by atoms with Crippen molar-refractivity contribution < 1.29 is 14.7 Å². The highest BCUT2D eigenvalue weighted by atomic mass is 16.4. The van der Waals surface area contributed by atoms with E-state index >= 15 is 0 Å². The highest BCUT2D eigenvalue weighted by molar-refractivity contribution is 5.86. The van der Waals surface area contributed by atoms with Crippen LogP contribution in [0.15, 0.2) is 12.4 Å². The van der Waals surface area contributed by atoms with Gasteiger partial charge in [0.1, 0.15) is 0 Å². The monoisotopic (exact) mass is 291 g/mol. The summed E-state index contributed by atoms with van der Waals surface area (Å²) in [6.45, 7) is 3.21. The molecule has 6 nitrogen and oxygen atoms in total. The Balaban J connectivity index is 1.63. The first-order chi connectivity index (χ1) is 10.1. The maximum Gasteiger partial charge on any atom is 0.307 e. The predicted molar refractivity (Wildman–Crippen MR) is 75.2 cm³/mol. The molecule has 3 rings (SSSR count). The van der Waals surface area contributed by atoms with Gasteiger partial charge in [-0.15, -0.1) is 0 Å². The molecule has 0 saturated heterocycles. The number of fused-ring (bicyclic) bond motifs is 2. The van der Waals surface area contributed by atoms with Crippen molar-refractivity contribution in [2.45, 2.75) is 39.3 Å². The number of carbonyl (C=O) groups excluding carboxylic acids is 1. The Labute approximate surface area is 123 Å². The van der Waals surface area contributed by atoms with Crippen LogP contribution >= 0.6 is 0 Å². The van der Waals surface area contributed by atoms with Gasteiger partial charge in [0.05, 0.1) is 18.0 Å². The second-order valence-corrected chi connectivity index (χ2v) is 6.15. The average Bonchev–Trinajstić information content (AvgIpc) is 3.18. The second-order valence-electron chi connectivity index (χ2n) is 6.15. The van der Waals surface area contributed by atoms with Crippen LogP contribution in [0.2, 0.25) is 0 Å². The van der Waals surface area contributed by atoms with Crippen molar-refractivity contribution in [3.05, 3.63) is 18.0 Å². The van der Waals surface area contributed by atoms with Crippen LogP contribution in [-0.4, -0.2) is 26.8 Å². The quantitative estimate of drug-likeness (QED) is 0.855. The molecule has 0 spiro atoms. The van der Waals surface area contributed by atoms with Crippen molar-refractivity contribution in [3.63, 3.8) is 0 Å². The molecule has 1 aromatic rings. The maximum atomic E-state index is 12.4. The summed E-state index contributed by atoms with van der Waals surface area (Å²) >= 11 is 0. The summed E-state index contributed by atoms with van der Waals surface area (Å²) in [6, 6.07) is 0. The molecule has 1 amide bonds. The van der Waals surface area contributed by atoms with E-state index in [-0.39, 0.29) is 23.7 Å². The minimum atomic E-state index is -0.818. The zero-order valence-electron chi connectivity index (χ0n) is 12.2. The van der Waals surface area contributed by atoms with Gasteiger partial charge in [-0.1, -0.05) is 0 Å². The second kappa shape index (κ2) is 5.50. The van der Waals surface area contributed by atoms with Gasteiger partial charge in [-0.2, -0.15) is 5.10 Å². The van der Waals surface area contributed by atoms with Gasteiger partial charge in [0.25, 0.3) is 0 Å². The third kappa shape index (κ3) is 2.54. The molecule has 2 aliphatic carbocycles. The lowest BCUT2D eigenvalue weighted by Crippen LogP contribution is -2.41. The normalized spacial score (nSPS) is 30.5. The first-order valence-corrected chi connectivity index (χ1v) is 7.62. The number of nitrogens with zero attached hydrogens (tertiary/aromatic N) is 2. The summed E-state index contributed by atoms with van der Waals surface area (Å²) in [5.41, 5.74) is 0.945. The van der Waals surface area contributed by atoms with E-state index in [1.807, 2.05) is 13.1 Å². The number of hydrogen-bond donors (Lipinski definition) is 2. The van der Waals surface area contributed by atoms with Gasteiger partial charge in [0, 0.05) is 24.8 Å². The molecule has 0 radical (unpaired) electrons. The van der Waals surface area contributed by atoms with Gasteiger partial charge in [0.2, 0.25) is 5.91 Å². The molecule has 1 heterocycles. The van der Waals surface area contributed by atoms with Crippen LogP contribution < -0.4 is 5.32 Å². The zero-order chi connectivity index (χ0) is 15.0. The Kier molecular flexibility index (Phi) is 3.69. The molecule has 2 saturated carbocycles. The molecular formula is C15H21N3O3. The lowest BCUT2D eigenvalue weighted by atomic mass is 9.78. The summed E-state index contributed by atoms with van der Waals surface area (Å²) in [5.74, 6) is -1.36. The number of aryl methyl sites for hydroxylation is 1. The van der Waals surface area contributed by atoms with E-state index in [0.29, 0.717) is 6.54 Å². The highest BCUT2D eigenvalue weighted by Gasteiger charge is 2.53. The van der Waals surface area contributed by atoms with Crippen LogP contribution in [0.25, 0.3) is 0 Å². The minimum Gasteiger partial charge on any atom is -0.481 e. The molecule has 2 N–H and O–H groups in total. The molecule has 4 atom stereocenters. The van der Waals surface area contributed by atoms with Gasteiger partial charge in [-0.05, 0) is 38.0 Å². The number of nitrogens with one attached hydrogen (secondary N) is 1. The fraction of sp³-hybridized carbons (Fsp3) is 0.667. The van der Waals surface area contributed by atoms with Gasteiger partial charge >= 0.3 is 5.97 Å². The van der Waals surface area contributed by atoms with E-state index in [2.05, 4.69) is 10.4 Å². The number of aromatic nitrogens is 2. The molecule has 114 valence electrons. The number of hydrogen-bond acceptors (Lipinski definition) is 3. The number of carboxylic acid groups (broad SMARTS) is 1. The van der Waals surface area contributed by atoms with Crippen molar-refractivity contribution in [1.29, 1.82) is 0 Å². The zero-order valence-corrected chi connectivity index (χ0v) is 12.2. The molecular weight excluding hydrogens is 270 g/mol. The first-order valence-electron chi connectivity index (χ1n) is 7.62. The number of aliphatic carboxylic acids is 1. The molecule has 0 aromatic carbocycles. The Morgan fingerprint density at radius 3 is 2.71 bits per heavy atom. The van der Waals surface area contributed by atoms with Gasteiger partial charge in [0.15, 0.2) is 0 Å². The average molecular weight is 291 g/mol. The third-order valence-corrected chi connectivity index (χ3v) is 4.98. The number of carboxylic acids is 1. The minimum absolute atomic E-state index is 0.112. The van der Waals surface area contributed by atoms with Crippen molar-refractivity contribution in [2.24, 2.45) is 23.7 Å². The molecule has 2 bridgehead atoms.